The van der Waals surface area contributed by atoms with Crippen molar-refractivity contribution in [1.82, 2.24) is 9.38 Å². The van der Waals surface area contributed by atoms with Crippen molar-refractivity contribution < 1.29 is 0 Å². The molecule has 3 rings (SSSR count). The summed E-state index contributed by atoms with van der Waals surface area (Å²) in [5, 5.41) is 3.26. The van der Waals surface area contributed by atoms with Crippen LogP contribution in [0.1, 0.15) is 11.1 Å². The van der Waals surface area contributed by atoms with Gasteiger partial charge >= 0.3 is 0 Å². The summed E-state index contributed by atoms with van der Waals surface area (Å²) < 4.78 is 2.10. The van der Waals surface area contributed by atoms with Gasteiger partial charge in [-0.15, -0.1) is 13.2 Å². The maximum Gasteiger partial charge on any atom is 0.139 e. The summed E-state index contributed by atoms with van der Waals surface area (Å²) >= 11 is 0. The Balaban J connectivity index is 0.000000774. The number of aryl methyl sites for hydroxylation is 2. The van der Waals surface area contributed by atoms with E-state index in [1.54, 1.807) is 0 Å². The van der Waals surface area contributed by atoms with Gasteiger partial charge in [0.05, 0.1) is 0 Å². The summed E-state index contributed by atoms with van der Waals surface area (Å²) in [7, 11) is 1.93. The second kappa shape index (κ2) is 6.27. The smallest absolute Gasteiger partial charge is 0.139 e. The number of nitrogens with one attached hydrogen (secondary N) is 1. The zero-order chi connectivity index (χ0) is 15.4. The van der Waals surface area contributed by atoms with Crippen LogP contribution in [0.5, 0.6) is 0 Å². The van der Waals surface area contributed by atoms with E-state index in [1.807, 2.05) is 13.1 Å². The Morgan fingerprint density at radius 2 is 1.57 bits per heavy atom. The normalized spacial score (nSPS) is 10.0. The molecule has 3 nitrogen and oxygen atoms in total. The van der Waals surface area contributed by atoms with E-state index in [9.17, 15) is 0 Å². The number of benzene rings is 1. The molecule has 0 spiro atoms. The predicted molar refractivity (Wildman–Crippen MR) is 90.9 cm³/mol. The number of anilines is 1. The summed E-state index contributed by atoms with van der Waals surface area (Å²) in [6.07, 6.45) is 2.10. The maximum atomic E-state index is 4.72. The fourth-order valence-corrected chi connectivity index (χ4v) is 2.30. The summed E-state index contributed by atoms with van der Waals surface area (Å²) in [6, 6.07) is 12.6. The number of nitrogens with zero attached hydrogens (tertiary/aromatic N) is 2. The van der Waals surface area contributed by atoms with Crippen molar-refractivity contribution in [2.24, 2.45) is 0 Å². The van der Waals surface area contributed by atoms with Crippen molar-refractivity contribution in [2.45, 2.75) is 13.8 Å². The Morgan fingerprint density at radius 1 is 0.952 bits per heavy atom. The average Bonchev–Trinajstić information content (AvgIpc) is 2.87. The van der Waals surface area contributed by atoms with Crippen molar-refractivity contribution in [2.75, 3.05) is 12.4 Å². The van der Waals surface area contributed by atoms with Gasteiger partial charge in [0.1, 0.15) is 17.2 Å². The zero-order valence-electron chi connectivity index (χ0n) is 12.9. The van der Waals surface area contributed by atoms with Crippen LogP contribution in [0.15, 0.2) is 55.8 Å². The van der Waals surface area contributed by atoms with E-state index in [0.717, 1.165) is 22.7 Å². The molecule has 3 heteroatoms. The van der Waals surface area contributed by atoms with Crippen molar-refractivity contribution in [3.8, 4) is 11.3 Å². The Hall–Kier alpha value is -2.55. The molecule has 0 aliphatic heterocycles. The third kappa shape index (κ3) is 2.82. The van der Waals surface area contributed by atoms with Crippen LogP contribution >= 0.6 is 0 Å². The van der Waals surface area contributed by atoms with Crippen molar-refractivity contribution >= 4 is 11.5 Å². The summed E-state index contributed by atoms with van der Waals surface area (Å²) in [5.74, 6) is 1.03. The number of hydrogen-bond acceptors (Lipinski definition) is 2. The molecule has 1 N–H and O–H groups in total. The third-order valence-electron chi connectivity index (χ3n) is 3.33. The third-order valence-corrected chi connectivity index (χ3v) is 3.33. The summed E-state index contributed by atoms with van der Waals surface area (Å²) in [4.78, 5) is 4.72. The van der Waals surface area contributed by atoms with Crippen LogP contribution in [0.2, 0.25) is 0 Å². The fourth-order valence-electron chi connectivity index (χ4n) is 2.30. The van der Waals surface area contributed by atoms with E-state index in [2.05, 4.69) is 73.3 Å². The molecule has 0 fully saturated rings. The van der Waals surface area contributed by atoms with Crippen molar-refractivity contribution in [3.05, 3.63) is 66.9 Å². The molecule has 2 aromatic heterocycles. The molecule has 21 heavy (non-hydrogen) atoms. The molecule has 0 atom stereocenters. The van der Waals surface area contributed by atoms with Crippen LogP contribution in [0.25, 0.3) is 16.9 Å². The number of fused-ring (bicyclic) bond motifs is 1. The first kappa shape index (κ1) is 14.9. The zero-order valence-corrected chi connectivity index (χ0v) is 12.9. The Kier molecular flexibility index (Phi) is 4.43. The number of pyridine rings is 1. The van der Waals surface area contributed by atoms with Gasteiger partial charge in [0.15, 0.2) is 0 Å². The van der Waals surface area contributed by atoms with Gasteiger partial charge in [-0.05, 0) is 25.5 Å². The highest BCUT2D eigenvalue weighted by Gasteiger charge is 2.12. The number of aromatic nitrogens is 2. The van der Waals surface area contributed by atoms with Gasteiger partial charge in [0.25, 0.3) is 0 Å². The summed E-state index contributed by atoms with van der Waals surface area (Å²) in [6.45, 7) is 10.2. The van der Waals surface area contributed by atoms with Gasteiger partial charge < -0.3 is 5.32 Å². The lowest BCUT2D eigenvalue weighted by atomic mass is 10.1. The Bertz CT molecular complexity index is 739. The standard InChI is InChI=1S/C16H17N3.C2H4/c1-11-4-7-13(8-5-11)15-16(17-3)19-10-12(2)6-9-14(19)18-15;1-2/h4-10,17H,1-3H3;1-2H2. The molecule has 0 aliphatic rings. The second-order valence-corrected chi connectivity index (χ2v) is 4.86. The van der Waals surface area contributed by atoms with Crippen molar-refractivity contribution in [1.29, 1.82) is 0 Å². The molecule has 0 radical (unpaired) electrons. The lowest BCUT2D eigenvalue weighted by Gasteiger charge is -2.05. The van der Waals surface area contributed by atoms with Gasteiger partial charge in [0, 0.05) is 18.8 Å². The lowest BCUT2D eigenvalue weighted by molar-refractivity contribution is 1.15. The fraction of sp³-hybridized carbons (Fsp3) is 0.167. The predicted octanol–water partition coefficient (Wildman–Crippen LogP) is 4.46. The van der Waals surface area contributed by atoms with Gasteiger partial charge in [0.2, 0.25) is 0 Å². The minimum atomic E-state index is 0.963. The molecule has 2 heterocycles. The molecular weight excluding hydrogens is 258 g/mol. The summed E-state index contributed by atoms with van der Waals surface area (Å²) in [5.41, 5.74) is 5.57. The molecule has 0 amide bonds. The van der Waals surface area contributed by atoms with Gasteiger partial charge in [-0.2, -0.15) is 0 Å². The molecule has 0 aliphatic carbocycles. The first-order chi connectivity index (χ1) is 10.2. The molecular formula is C18H21N3. The molecule has 0 saturated carbocycles. The highest BCUT2D eigenvalue weighted by molar-refractivity contribution is 5.76. The molecule has 3 aromatic rings. The number of rotatable bonds is 2. The van der Waals surface area contributed by atoms with Crippen LogP contribution < -0.4 is 5.32 Å². The maximum absolute atomic E-state index is 4.72. The lowest BCUT2D eigenvalue weighted by Crippen LogP contribution is -1.96. The van der Waals surface area contributed by atoms with Gasteiger partial charge in [-0.3, -0.25) is 4.40 Å². The van der Waals surface area contributed by atoms with Crippen LogP contribution in [-0.2, 0) is 0 Å². The molecule has 0 unspecified atom stereocenters. The number of hydrogen-bond donors (Lipinski definition) is 1. The first-order valence-corrected chi connectivity index (χ1v) is 6.92. The minimum Gasteiger partial charge on any atom is -0.372 e. The van der Waals surface area contributed by atoms with Crippen LogP contribution in [0.4, 0.5) is 5.82 Å². The van der Waals surface area contributed by atoms with E-state index in [-0.39, 0.29) is 0 Å². The molecule has 108 valence electrons. The SMILES string of the molecule is C=C.CNc1c(-c2ccc(C)cc2)nc2ccc(C)cn12. The van der Waals surface area contributed by atoms with E-state index < -0.39 is 0 Å². The van der Waals surface area contributed by atoms with Gasteiger partial charge in [-0.1, -0.05) is 35.9 Å². The molecule has 1 aromatic carbocycles. The minimum absolute atomic E-state index is 0.963. The monoisotopic (exact) mass is 279 g/mol. The molecule has 0 bridgehead atoms. The molecule has 0 saturated heterocycles. The van der Waals surface area contributed by atoms with E-state index in [0.29, 0.717) is 0 Å². The highest BCUT2D eigenvalue weighted by atomic mass is 15.1. The Labute approximate surface area is 126 Å². The highest BCUT2D eigenvalue weighted by Crippen LogP contribution is 2.28. The van der Waals surface area contributed by atoms with Crippen LogP contribution in [-0.4, -0.2) is 16.4 Å². The number of imidazole rings is 1. The largest absolute Gasteiger partial charge is 0.372 e. The quantitative estimate of drug-likeness (QED) is 0.702. The Morgan fingerprint density at radius 3 is 2.19 bits per heavy atom. The van der Waals surface area contributed by atoms with Crippen LogP contribution in [0, 0.1) is 13.8 Å². The van der Waals surface area contributed by atoms with Gasteiger partial charge in [-0.25, -0.2) is 4.98 Å². The average molecular weight is 279 g/mol. The van der Waals surface area contributed by atoms with Crippen LogP contribution in [0.3, 0.4) is 0 Å². The second-order valence-electron chi connectivity index (χ2n) is 4.86. The first-order valence-electron chi connectivity index (χ1n) is 6.92. The van der Waals surface area contributed by atoms with E-state index in [4.69, 9.17) is 4.98 Å². The topological polar surface area (TPSA) is 29.3 Å². The van der Waals surface area contributed by atoms with Crippen molar-refractivity contribution in [3.63, 3.8) is 0 Å². The van der Waals surface area contributed by atoms with E-state index in [1.165, 1.54) is 11.1 Å². The van der Waals surface area contributed by atoms with E-state index >= 15 is 0 Å².